The minimum Gasteiger partial charge on any atom is -0.383 e. The molecule has 0 aliphatic heterocycles. The van der Waals surface area contributed by atoms with Gasteiger partial charge in [0.25, 0.3) is 0 Å². The van der Waals surface area contributed by atoms with Gasteiger partial charge in [0, 0.05) is 34.4 Å². The summed E-state index contributed by atoms with van der Waals surface area (Å²) in [5.41, 5.74) is 8.69. The lowest BCUT2D eigenvalue weighted by molar-refractivity contribution is 0.431. The minimum atomic E-state index is 0.353. The minimum absolute atomic E-state index is 0.353. The van der Waals surface area contributed by atoms with Crippen LogP contribution in [-0.4, -0.2) is 23.0 Å². The van der Waals surface area contributed by atoms with E-state index in [0.717, 1.165) is 46.0 Å². The quantitative estimate of drug-likeness (QED) is 0.713. The summed E-state index contributed by atoms with van der Waals surface area (Å²) in [7, 11) is 0. The van der Waals surface area contributed by atoms with Crippen molar-refractivity contribution in [1.29, 1.82) is 5.26 Å². The molecule has 4 nitrogen and oxygen atoms in total. The Balaban J connectivity index is 2.30. The molecule has 0 amide bonds. The third kappa shape index (κ3) is 3.84. The van der Waals surface area contributed by atoms with Crippen molar-refractivity contribution in [2.24, 2.45) is 0 Å². The van der Waals surface area contributed by atoms with Gasteiger partial charge in [-0.25, -0.2) is 4.98 Å². The summed E-state index contributed by atoms with van der Waals surface area (Å²) in [6.45, 7) is 11.4. The van der Waals surface area contributed by atoms with Crippen LogP contribution in [0.25, 0.3) is 22.2 Å². The summed E-state index contributed by atoms with van der Waals surface area (Å²) in [6, 6.07) is 8.26. The number of nitrogens with zero attached hydrogens (tertiary/aromatic N) is 3. The Labute approximate surface area is 147 Å². The first-order valence-electron chi connectivity index (χ1n) is 7.90. The maximum atomic E-state index is 9.05. The molecular formula is C19H22N4S. The second kappa shape index (κ2) is 8.32. The summed E-state index contributed by atoms with van der Waals surface area (Å²) in [4.78, 5) is 8.29. The maximum Gasteiger partial charge on any atom is 0.131 e. The average Bonchev–Trinajstić information content (AvgIpc) is 3.07. The number of unbranched alkanes of at least 4 members (excludes halogenated alkanes) is 1. The highest BCUT2D eigenvalue weighted by Crippen LogP contribution is 2.35. The van der Waals surface area contributed by atoms with Gasteiger partial charge in [0.05, 0.1) is 10.9 Å². The monoisotopic (exact) mass is 338 g/mol. The first-order valence-corrected chi connectivity index (χ1v) is 8.72. The number of pyridine rings is 1. The third-order valence-corrected chi connectivity index (χ3v) is 4.97. The van der Waals surface area contributed by atoms with E-state index in [0.29, 0.717) is 12.4 Å². The molecule has 0 saturated carbocycles. The molecule has 0 radical (unpaired) electrons. The van der Waals surface area contributed by atoms with Crippen molar-refractivity contribution >= 4 is 28.9 Å². The second-order valence-corrected chi connectivity index (χ2v) is 6.49. The SMILES string of the molecule is C=Cc1c(-c2ccc(C(=C)N(CC#N)CCCC)s2)ccnc1N. The molecule has 24 heavy (non-hydrogen) atoms. The van der Waals surface area contributed by atoms with E-state index in [4.69, 9.17) is 11.0 Å². The highest BCUT2D eigenvalue weighted by Gasteiger charge is 2.14. The van der Waals surface area contributed by atoms with Crippen LogP contribution in [0, 0.1) is 11.3 Å². The van der Waals surface area contributed by atoms with Crippen molar-refractivity contribution in [3.8, 4) is 16.5 Å². The third-order valence-electron chi connectivity index (χ3n) is 3.81. The molecule has 0 saturated heterocycles. The Bertz CT molecular complexity index is 770. The lowest BCUT2D eigenvalue weighted by Crippen LogP contribution is -2.22. The molecule has 2 N–H and O–H groups in total. The van der Waals surface area contributed by atoms with Gasteiger partial charge in [0.1, 0.15) is 12.4 Å². The van der Waals surface area contributed by atoms with E-state index >= 15 is 0 Å². The molecule has 0 spiro atoms. The van der Waals surface area contributed by atoms with Gasteiger partial charge in [-0.05, 0) is 24.6 Å². The molecule has 2 heterocycles. The van der Waals surface area contributed by atoms with Gasteiger partial charge in [-0.15, -0.1) is 11.3 Å². The summed E-state index contributed by atoms with van der Waals surface area (Å²) < 4.78 is 0. The van der Waals surface area contributed by atoms with Crippen LogP contribution in [0.1, 0.15) is 30.2 Å². The van der Waals surface area contributed by atoms with Gasteiger partial charge in [-0.2, -0.15) is 5.26 Å². The van der Waals surface area contributed by atoms with Crippen LogP contribution in [0.3, 0.4) is 0 Å². The van der Waals surface area contributed by atoms with Crippen LogP contribution in [0.2, 0.25) is 0 Å². The molecule has 124 valence electrons. The summed E-state index contributed by atoms with van der Waals surface area (Å²) in [5, 5.41) is 9.05. The molecule has 0 aliphatic carbocycles. The number of hydrogen-bond donors (Lipinski definition) is 1. The number of anilines is 1. The van der Waals surface area contributed by atoms with Gasteiger partial charge in [0.15, 0.2) is 0 Å². The zero-order valence-corrected chi connectivity index (χ0v) is 14.8. The van der Waals surface area contributed by atoms with Crippen LogP contribution in [0.5, 0.6) is 0 Å². The molecule has 0 atom stereocenters. The number of nitrogen functional groups attached to an aromatic ring is 1. The van der Waals surface area contributed by atoms with Crippen molar-refractivity contribution in [3.63, 3.8) is 0 Å². The highest BCUT2D eigenvalue weighted by atomic mass is 32.1. The van der Waals surface area contributed by atoms with Gasteiger partial charge in [-0.1, -0.05) is 32.6 Å². The predicted octanol–water partition coefficient (Wildman–Crippen LogP) is 4.63. The maximum absolute atomic E-state index is 9.05. The van der Waals surface area contributed by atoms with E-state index in [1.807, 2.05) is 17.0 Å². The van der Waals surface area contributed by atoms with E-state index in [9.17, 15) is 0 Å². The van der Waals surface area contributed by atoms with Gasteiger partial charge in [-0.3, -0.25) is 0 Å². The van der Waals surface area contributed by atoms with Crippen LogP contribution < -0.4 is 5.73 Å². The molecule has 0 bridgehead atoms. The van der Waals surface area contributed by atoms with E-state index in [1.165, 1.54) is 0 Å². The summed E-state index contributed by atoms with van der Waals surface area (Å²) >= 11 is 1.64. The number of thiophene rings is 1. The molecule has 5 heteroatoms. The van der Waals surface area contributed by atoms with Crippen molar-refractivity contribution in [3.05, 3.63) is 48.0 Å². The molecule has 2 aromatic heterocycles. The molecule has 0 unspecified atom stereocenters. The van der Waals surface area contributed by atoms with Crippen molar-refractivity contribution in [2.45, 2.75) is 19.8 Å². The lowest BCUT2D eigenvalue weighted by atomic mass is 10.1. The van der Waals surface area contributed by atoms with E-state index in [-0.39, 0.29) is 0 Å². The Kier molecular flexibility index (Phi) is 6.16. The topological polar surface area (TPSA) is 65.9 Å². The first-order chi connectivity index (χ1) is 11.6. The van der Waals surface area contributed by atoms with Crippen LogP contribution in [0.4, 0.5) is 5.82 Å². The fourth-order valence-electron chi connectivity index (χ4n) is 2.46. The molecular weight excluding hydrogens is 316 g/mol. The molecule has 0 aromatic carbocycles. The van der Waals surface area contributed by atoms with E-state index in [2.05, 4.69) is 37.2 Å². The van der Waals surface area contributed by atoms with E-state index < -0.39 is 0 Å². The largest absolute Gasteiger partial charge is 0.383 e. The number of nitriles is 1. The van der Waals surface area contributed by atoms with Gasteiger partial charge < -0.3 is 10.6 Å². The first kappa shape index (κ1) is 17.8. The van der Waals surface area contributed by atoms with Crippen molar-refractivity contribution in [2.75, 3.05) is 18.8 Å². The number of aromatic nitrogens is 1. The molecule has 2 rings (SSSR count). The summed E-state index contributed by atoms with van der Waals surface area (Å²) in [6.07, 6.45) is 5.56. The standard InChI is InChI=1S/C19H22N4S/c1-4-6-12-23(13-10-20)14(3)17-7-8-18(24-17)16-9-11-22-19(21)15(16)5-2/h5,7-9,11H,2-4,6,12-13H2,1H3,(H2,21,22). The predicted molar refractivity (Wildman–Crippen MR) is 103 cm³/mol. The highest BCUT2D eigenvalue weighted by molar-refractivity contribution is 7.16. The average molecular weight is 338 g/mol. The summed E-state index contributed by atoms with van der Waals surface area (Å²) in [5.74, 6) is 0.477. The molecule has 2 aromatic rings. The van der Waals surface area contributed by atoms with Gasteiger partial charge in [0.2, 0.25) is 0 Å². The molecule has 0 aliphatic rings. The van der Waals surface area contributed by atoms with Gasteiger partial charge >= 0.3 is 0 Å². The Morgan fingerprint density at radius 2 is 2.25 bits per heavy atom. The normalized spacial score (nSPS) is 10.2. The fourth-order valence-corrected chi connectivity index (χ4v) is 3.50. The van der Waals surface area contributed by atoms with Crippen molar-refractivity contribution < 1.29 is 0 Å². The van der Waals surface area contributed by atoms with Crippen LogP contribution >= 0.6 is 11.3 Å². The fraction of sp³-hybridized carbons (Fsp3) is 0.263. The Morgan fingerprint density at radius 1 is 1.46 bits per heavy atom. The zero-order chi connectivity index (χ0) is 17.5. The Morgan fingerprint density at radius 3 is 2.92 bits per heavy atom. The number of rotatable bonds is 8. The van der Waals surface area contributed by atoms with Crippen molar-refractivity contribution in [1.82, 2.24) is 9.88 Å². The number of hydrogen-bond acceptors (Lipinski definition) is 5. The van der Waals surface area contributed by atoms with E-state index in [1.54, 1.807) is 23.6 Å². The van der Waals surface area contributed by atoms with Crippen LogP contribution in [0.15, 0.2) is 37.6 Å². The smallest absolute Gasteiger partial charge is 0.131 e. The van der Waals surface area contributed by atoms with Crippen LogP contribution in [-0.2, 0) is 0 Å². The number of nitrogens with two attached hydrogens (primary N) is 1. The zero-order valence-electron chi connectivity index (χ0n) is 14.0. The lowest BCUT2D eigenvalue weighted by Gasteiger charge is -2.22. The molecule has 0 fully saturated rings. The Hall–Kier alpha value is -2.58. The second-order valence-electron chi connectivity index (χ2n) is 5.41.